The van der Waals surface area contributed by atoms with Crippen molar-refractivity contribution < 1.29 is 31.5 Å². The van der Waals surface area contributed by atoms with Crippen molar-refractivity contribution in [2.75, 3.05) is 0 Å². The van der Waals surface area contributed by atoms with Gasteiger partial charge in [-0.1, -0.05) is 12.1 Å². The van der Waals surface area contributed by atoms with Gasteiger partial charge >= 0.3 is 22.6 Å². The van der Waals surface area contributed by atoms with Crippen LogP contribution >= 0.6 is 0 Å². The second-order valence-electron chi connectivity index (χ2n) is 3.56. The number of hydrogen-bond donors (Lipinski definition) is 2. The summed E-state index contributed by atoms with van der Waals surface area (Å²) in [5.41, 5.74) is 0.856. The SMILES string of the molecule is NC(Cc1ccc(OS(=O)C(F)(F)F)cc1)C(=O)O. The van der Waals surface area contributed by atoms with Crippen molar-refractivity contribution in [3.63, 3.8) is 0 Å². The van der Waals surface area contributed by atoms with Gasteiger partial charge in [-0.05, 0) is 24.1 Å². The summed E-state index contributed by atoms with van der Waals surface area (Å²) in [7, 11) is 0. The van der Waals surface area contributed by atoms with Gasteiger partial charge in [0.15, 0.2) is 0 Å². The molecule has 3 N–H and O–H groups in total. The number of carboxylic acids is 1. The van der Waals surface area contributed by atoms with Gasteiger partial charge in [0.2, 0.25) is 0 Å². The first-order valence-corrected chi connectivity index (χ1v) is 6.02. The van der Waals surface area contributed by atoms with Crippen molar-refractivity contribution in [3.05, 3.63) is 29.8 Å². The van der Waals surface area contributed by atoms with Crippen LogP contribution in [0.1, 0.15) is 5.56 Å². The summed E-state index contributed by atoms with van der Waals surface area (Å²) >= 11 is -3.43. The lowest BCUT2D eigenvalue weighted by Gasteiger charge is -2.09. The third-order valence-electron chi connectivity index (χ3n) is 2.06. The van der Waals surface area contributed by atoms with E-state index in [9.17, 15) is 22.2 Å². The highest BCUT2D eigenvalue weighted by molar-refractivity contribution is 7.81. The van der Waals surface area contributed by atoms with E-state index in [1.807, 2.05) is 0 Å². The molecule has 0 amide bonds. The van der Waals surface area contributed by atoms with Crippen LogP contribution in [0.15, 0.2) is 24.3 Å². The lowest BCUT2D eigenvalue weighted by molar-refractivity contribution is -0.138. The molecule has 0 aliphatic rings. The largest absolute Gasteiger partial charge is 0.508 e. The first-order valence-electron chi connectivity index (χ1n) is 4.94. The number of alkyl halides is 3. The van der Waals surface area contributed by atoms with Gasteiger partial charge in [-0.3, -0.25) is 4.79 Å². The van der Waals surface area contributed by atoms with Gasteiger partial charge in [-0.15, -0.1) is 0 Å². The predicted molar refractivity (Wildman–Crippen MR) is 60.6 cm³/mol. The molecule has 0 heterocycles. The van der Waals surface area contributed by atoms with E-state index in [0.717, 1.165) is 12.1 Å². The maximum absolute atomic E-state index is 12.0. The van der Waals surface area contributed by atoms with Crippen molar-refractivity contribution in [2.24, 2.45) is 5.73 Å². The van der Waals surface area contributed by atoms with Crippen LogP contribution in [0.3, 0.4) is 0 Å². The predicted octanol–water partition coefficient (Wildman–Crippen LogP) is 1.20. The Hall–Kier alpha value is -1.61. The number of rotatable bonds is 5. The van der Waals surface area contributed by atoms with Crippen molar-refractivity contribution in [1.82, 2.24) is 0 Å². The molecule has 0 saturated carbocycles. The Bertz CT molecular complexity index is 475. The van der Waals surface area contributed by atoms with Gasteiger partial charge in [-0.2, -0.15) is 13.2 Å². The number of carboxylic acid groups (broad SMARTS) is 1. The van der Waals surface area contributed by atoms with E-state index in [1.54, 1.807) is 0 Å². The fourth-order valence-corrected chi connectivity index (χ4v) is 1.54. The van der Waals surface area contributed by atoms with Crippen LogP contribution in [-0.2, 0) is 22.3 Å². The Morgan fingerprint density at radius 2 is 1.89 bits per heavy atom. The van der Waals surface area contributed by atoms with Crippen molar-refractivity contribution in [3.8, 4) is 5.75 Å². The number of aliphatic carboxylic acids is 1. The molecule has 0 aliphatic carbocycles. The zero-order valence-electron chi connectivity index (χ0n) is 9.39. The highest BCUT2D eigenvalue weighted by atomic mass is 32.2. The van der Waals surface area contributed by atoms with Gasteiger partial charge in [0.1, 0.15) is 11.8 Å². The van der Waals surface area contributed by atoms with Gasteiger partial charge in [0.05, 0.1) is 0 Å². The molecule has 1 rings (SSSR count). The molecule has 106 valence electrons. The zero-order chi connectivity index (χ0) is 14.6. The summed E-state index contributed by atoms with van der Waals surface area (Å²) < 4.78 is 50.7. The number of halogens is 3. The van der Waals surface area contributed by atoms with Gasteiger partial charge in [0, 0.05) is 0 Å². The molecule has 1 aromatic carbocycles. The monoisotopic (exact) mass is 297 g/mol. The maximum atomic E-state index is 12.0. The smallest absolute Gasteiger partial charge is 0.480 e. The molecule has 0 aromatic heterocycles. The summed E-state index contributed by atoms with van der Waals surface area (Å²) in [6.45, 7) is 0. The first-order chi connectivity index (χ1) is 8.70. The minimum Gasteiger partial charge on any atom is -0.480 e. The van der Waals surface area contributed by atoms with Crippen LogP contribution in [0, 0.1) is 0 Å². The third kappa shape index (κ3) is 4.87. The molecule has 1 aromatic rings. The van der Waals surface area contributed by atoms with Crippen molar-refractivity contribution in [1.29, 1.82) is 0 Å². The van der Waals surface area contributed by atoms with Crippen LogP contribution in [0.25, 0.3) is 0 Å². The minimum absolute atomic E-state index is 0.0258. The van der Waals surface area contributed by atoms with E-state index in [4.69, 9.17) is 10.8 Å². The van der Waals surface area contributed by atoms with E-state index in [-0.39, 0.29) is 12.2 Å². The lowest BCUT2D eigenvalue weighted by Crippen LogP contribution is -2.32. The molecule has 0 aliphatic heterocycles. The summed E-state index contributed by atoms with van der Waals surface area (Å²) in [5.74, 6) is -1.41. The van der Waals surface area contributed by atoms with E-state index < -0.39 is 28.6 Å². The first kappa shape index (κ1) is 15.4. The van der Waals surface area contributed by atoms with Gasteiger partial charge < -0.3 is 15.0 Å². The van der Waals surface area contributed by atoms with Crippen molar-refractivity contribution >= 4 is 17.0 Å². The lowest BCUT2D eigenvalue weighted by atomic mass is 10.1. The number of benzene rings is 1. The van der Waals surface area contributed by atoms with E-state index in [1.165, 1.54) is 12.1 Å². The fourth-order valence-electron chi connectivity index (χ4n) is 1.16. The molecule has 19 heavy (non-hydrogen) atoms. The second kappa shape index (κ2) is 6.02. The van der Waals surface area contributed by atoms with Crippen LogP contribution in [0.5, 0.6) is 5.75 Å². The average Bonchev–Trinajstić information content (AvgIpc) is 2.30. The van der Waals surface area contributed by atoms with Gasteiger partial charge in [-0.25, -0.2) is 4.21 Å². The Labute approximate surface area is 108 Å². The van der Waals surface area contributed by atoms with E-state index in [2.05, 4.69) is 4.18 Å². The standard InChI is InChI=1S/C10H10F3NO4S/c11-10(12,13)19(17)18-7-3-1-6(2-4-7)5-8(14)9(15)16/h1-4,8H,5,14H2,(H,15,16). The minimum atomic E-state index is -4.95. The normalized spacial score (nSPS) is 14.7. The molecule has 0 radical (unpaired) electrons. The molecule has 0 fully saturated rings. The van der Waals surface area contributed by atoms with Crippen molar-refractivity contribution in [2.45, 2.75) is 18.0 Å². The molecule has 2 atom stereocenters. The van der Waals surface area contributed by atoms with Crippen LogP contribution in [0.4, 0.5) is 13.2 Å². The zero-order valence-corrected chi connectivity index (χ0v) is 10.2. The number of nitrogens with two attached hydrogens (primary N) is 1. The Morgan fingerprint density at radius 3 is 2.32 bits per heavy atom. The van der Waals surface area contributed by atoms with Crippen LogP contribution in [0.2, 0.25) is 0 Å². The third-order valence-corrected chi connectivity index (χ3v) is 2.78. The van der Waals surface area contributed by atoms with Crippen LogP contribution in [-0.4, -0.2) is 26.8 Å². The Morgan fingerprint density at radius 1 is 1.37 bits per heavy atom. The van der Waals surface area contributed by atoms with Crippen LogP contribution < -0.4 is 9.92 Å². The average molecular weight is 297 g/mol. The summed E-state index contributed by atoms with van der Waals surface area (Å²) in [4.78, 5) is 10.5. The van der Waals surface area contributed by atoms with E-state index in [0.29, 0.717) is 5.56 Å². The highest BCUT2D eigenvalue weighted by Crippen LogP contribution is 2.23. The molecule has 9 heteroatoms. The molecule has 0 bridgehead atoms. The summed E-state index contributed by atoms with van der Waals surface area (Å²) in [5, 5.41) is 8.59. The Kier molecular flexibility index (Phi) is 4.90. The molecular weight excluding hydrogens is 287 g/mol. The topological polar surface area (TPSA) is 89.6 Å². The number of hydrogen-bond acceptors (Lipinski definition) is 4. The quantitative estimate of drug-likeness (QED) is 0.852. The maximum Gasteiger partial charge on any atom is 0.508 e. The summed E-state index contributed by atoms with van der Waals surface area (Å²) in [6, 6.07) is 3.93. The van der Waals surface area contributed by atoms with E-state index >= 15 is 0 Å². The van der Waals surface area contributed by atoms with Gasteiger partial charge in [0.25, 0.3) is 0 Å². The highest BCUT2D eigenvalue weighted by Gasteiger charge is 2.40. The molecular formula is C10H10F3NO4S. The Balaban J connectivity index is 2.67. The number of carbonyl (C=O) groups is 1. The molecule has 5 nitrogen and oxygen atoms in total. The summed E-state index contributed by atoms with van der Waals surface area (Å²) in [6.07, 6.45) is 0.0258. The molecule has 2 unspecified atom stereocenters. The molecule has 0 spiro atoms. The fraction of sp³-hybridized carbons (Fsp3) is 0.300. The second-order valence-corrected chi connectivity index (χ2v) is 4.66. The molecule has 0 saturated heterocycles.